The largest absolute Gasteiger partial charge is 0.463 e. The standard InChI is InChI=1S/C8H13ClN4O/c1-5(2)4-14-8-12-6(9)11-7(10-3)13-8/h5H,4H2,1-3H3,(H,10,11,12,13). The van der Waals surface area contributed by atoms with Gasteiger partial charge in [0.15, 0.2) is 0 Å². The fourth-order valence-corrected chi connectivity index (χ4v) is 0.902. The Morgan fingerprint density at radius 3 is 2.64 bits per heavy atom. The van der Waals surface area contributed by atoms with Crippen LogP contribution in [0.25, 0.3) is 0 Å². The lowest BCUT2D eigenvalue weighted by molar-refractivity contribution is 0.250. The van der Waals surface area contributed by atoms with Crippen molar-refractivity contribution in [1.82, 2.24) is 15.0 Å². The second-order valence-corrected chi connectivity index (χ2v) is 3.50. The van der Waals surface area contributed by atoms with Crippen molar-refractivity contribution in [1.29, 1.82) is 0 Å². The van der Waals surface area contributed by atoms with E-state index >= 15 is 0 Å². The van der Waals surface area contributed by atoms with Crippen molar-refractivity contribution in [3.8, 4) is 6.01 Å². The first-order valence-corrected chi connectivity index (χ1v) is 4.71. The minimum atomic E-state index is 0.128. The highest BCUT2D eigenvalue weighted by Crippen LogP contribution is 2.11. The van der Waals surface area contributed by atoms with Crippen molar-refractivity contribution in [3.05, 3.63) is 5.28 Å². The molecule has 0 saturated carbocycles. The SMILES string of the molecule is CNc1nc(Cl)nc(OCC(C)C)n1. The van der Waals surface area contributed by atoms with Crippen LogP contribution in [0.1, 0.15) is 13.8 Å². The molecule has 0 amide bonds. The van der Waals surface area contributed by atoms with E-state index in [1.54, 1.807) is 7.05 Å². The molecule has 1 aromatic heterocycles. The Morgan fingerprint density at radius 2 is 2.07 bits per heavy atom. The first-order valence-electron chi connectivity index (χ1n) is 4.34. The van der Waals surface area contributed by atoms with E-state index < -0.39 is 0 Å². The van der Waals surface area contributed by atoms with Gasteiger partial charge in [-0.1, -0.05) is 13.8 Å². The molecule has 5 nitrogen and oxygen atoms in total. The van der Waals surface area contributed by atoms with Gasteiger partial charge in [0.2, 0.25) is 11.2 Å². The molecule has 78 valence electrons. The molecule has 1 rings (SSSR count). The molecule has 0 aliphatic heterocycles. The highest BCUT2D eigenvalue weighted by atomic mass is 35.5. The van der Waals surface area contributed by atoms with Gasteiger partial charge in [-0.15, -0.1) is 0 Å². The summed E-state index contributed by atoms with van der Waals surface area (Å²) >= 11 is 5.66. The third kappa shape index (κ3) is 3.33. The van der Waals surface area contributed by atoms with E-state index in [0.29, 0.717) is 18.5 Å². The molecule has 14 heavy (non-hydrogen) atoms. The van der Waals surface area contributed by atoms with E-state index in [0.717, 1.165) is 0 Å². The molecule has 0 radical (unpaired) electrons. The molecule has 0 saturated heterocycles. The van der Waals surface area contributed by atoms with Gasteiger partial charge in [-0.25, -0.2) is 0 Å². The minimum absolute atomic E-state index is 0.128. The Balaban J connectivity index is 2.71. The molecular formula is C8H13ClN4O. The second kappa shape index (κ2) is 4.95. The second-order valence-electron chi connectivity index (χ2n) is 3.17. The lowest BCUT2D eigenvalue weighted by Crippen LogP contribution is -2.09. The average molecular weight is 217 g/mol. The normalized spacial score (nSPS) is 10.4. The Kier molecular flexibility index (Phi) is 3.88. The lowest BCUT2D eigenvalue weighted by atomic mass is 10.2. The third-order valence-electron chi connectivity index (χ3n) is 1.36. The van der Waals surface area contributed by atoms with E-state index in [2.05, 4.69) is 20.3 Å². The van der Waals surface area contributed by atoms with Crippen LogP contribution in [-0.2, 0) is 0 Å². The highest BCUT2D eigenvalue weighted by molar-refractivity contribution is 6.28. The van der Waals surface area contributed by atoms with Crippen LogP contribution < -0.4 is 10.1 Å². The summed E-state index contributed by atoms with van der Waals surface area (Å²) in [6.07, 6.45) is 0. The highest BCUT2D eigenvalue weighted by Gasteiger charge is 2.05. The number of halogens is 1. The quantitative estimate of drug-likeness (QED) is 0.829. The van der Waals surface area contributed by atoms with E-state index in [1.165, 1.54) is 0 Å². The van der Waals surface area contributed by atoms with E-state index in [9.17, 15) is 0 Å². The summed E-state index contributed by atoms with van der Waals surface area (Å²) in [6, 6.07) is 0.253. The van der Waals surface area contributed by atoms with Crippen molar-refractivity contribution in [3.63, 3.8) is 0 Å². The van der Waals surface area contributed by atoms with Crippen LogP contribution in [0, 0.1) is 5.92 Å². The van der Waals surface area contributed by atoms with Crippen LogP contribution in [-0.4, -0.2) is 28.6 Å². The molecule has 0 aliphatic carbocycles. The van der Waals surface area contributed by atoms with Gasteiger partial charge in [0.25, 0.3) is 0 Å². The number of nitrogens with zero attached hydrogens (tertiary/aromatic N) is 3. The first kappa shape index (κ1) is 11.0. The molecule has 0 bridgehead atoms. The minimum Gasteiger partial charge on any atom is -0.463 e. The molecule has 0 aliphatic rings. The van der Waals surface area contributed by atoms with Crippen molar-refractivity contribution in [2.45, 2.75) is 13.8 Å². The zero-order valence-corrected chi connectivity index (χ0v) is 9.17. The number of ether oxygens (including phenoxy) is 1. The number of nitrogens with one attached hydrogen (secondary N) is 1. The maximum Gasteiger partial charge on any atom is 0.322 e. The van der Waals surface area contributed by atoms with Crippen molar-refractivity contribution in [2.24, 2.45) is 5.92 Å². The molecule has 0 aromatic carbocycles. The predicted molar refractivity (Wildman–Crippen MR) is 54.7 cm³/mol. The number of aromatic nitrogens is 3. The van der Waals surface area contributed by atoms with Crippen LogP contribution in [0.2, 0.25) is 5.28 Å². The lowest BCUT2D eigenvalue weighted by Gasteiger charge is -2.07. The smallest absolute Gasteiger partial charge is 0.322 e. The number of rotatable bonds is 4. The Labute approximate surface area is 87.9 Å². The van der Waals surface area contributed by atoms with Gasteiger partial charge >= 0.3 is 6.01 Å². The fourth-order valence-electron chi connectivity index (χ4n) is 0.749. The van der Waals surface area contributed by atoms with Crippen LogP contribution >= 0.6 is 11.6 Å². The molecular weight excluding hydrogens is 204 g/mol. The van der Waals surface area contributed by atoms with Gasteiger partial charge in [0, 0.05) is 7.05 Å². The zero-order valence-electron chi connectivity index (χ0n) is 8.41. The summed E-state index contributed by atoms with van der Waals surface area (Å²) in [5.41, 5.74) is 0. The topological polar surface area (TPSA) is 59.9 Å². The van der Waals surface area contributed by atoms with Crippen molar-refractivity contribution in [2.75, 3.05) is 19.0 Å². The van der Waals surface area contributed by atoms with Crippen molar-refractivity contribution >= 4 is 17.5 Å². The van der Waals surface area contributed by atoms with Gasteiger partial charge in [-0.2, -0.15) is 15.0 Å². The summed E-state index contributed by atoms with van der Waals surface area (Å²) in [5.74, 6) is 0.826. The molecule has 1 aromatic rings. The van der Waals surface area contributed by atoms with Crippen LogP contribution in [0.3, 0.4) is 0 Å². The van der Waals surface area contributed by atoms with Gasteiger partial charge in [0.05, 0.1) is 6.61 Å². The molecule has 6 heteroatoms. The van der Waals surface area contributed by atoms with Crippen LogP contribution in [0.15, 0.2) is 0 Å². The molecule has 0 fully saturated rings. The Hall–Kier alpha value is -1.10. The summed E-state index contributed by atoms with van der Waals surface area (Å²) < 4.78 is 5.30. The number of hydrogen-bond acceptors (Lipinski definition) is 5. The maximum atomic E-state index is 5.66. The van der Waals surface area contributed by atoms with Gasteiger partial charge in [-0.3, -0.25) is 0 Å². The third-order valence-corrected chi connectivity index (χ3v) is 1.53. The van der Waals surface area contributed by atoms with E-state index in [4.69, 9.17) is 16.3 Å². The Bertz CT molecular complexity index is 305. The molecule has 0 spiro atoms. The molecule has 1 N–H and O–H groups in total. The van der Waals surface area contributed by atoms with E-state index in [-0.39, 0.29) is 11.3 Å². The Morgan fingerprint density at radius 1 is 1.36 bits per heavy atom. The monoisotopic (exact) mass is 216 g/mol. The predicted octanol–water partition coefficient (Wildman–Crippen LogP) is 1.60. The number of anilines is 1. The van der Waals surface area contributed by atoms with Gasteiger partial charge in [0.1, 0.15) is 0 Å². The van der Waals surface area contributed by atoms with E-state index in [1.807, 2.05) is 13.8 Å². The average Bonchev–Trinajstić information content (AvgIpc) is 2.14. The van der Waals surface area contributed by atoms with Crippen molar-refractivity contribution < 1.29 is 4.74 Å². The van der Waals surface area contributed by atoms with Crippen LogP contribution in [0.4, 0.5) is 5.95 Å². The number of hydrogen-bond donors (Lipinski definition) is 1. The maximum absolute atomic E-state index is 5.66. The summed E-state index contributed by atoms with van der Waals surface area (Å²) in [7, 11) is 1.71. The fraction of sp³-hybridized carbons (Fsp3) is 0.625. The summed E-state index contributed by atoms with van der Waals surface area (Å²) in [4.78, 5) is 11.7. The first-order chi connectivity index (χ1) is 6.61. The van der Waals surface area contributed by atoms with Gasteiger partial charge < -0.3 is 10.1 Å². The molecule has 0 atom stereocenters. The molecule has 1 heterocycles. The van der Waals surface area contributed by atoms with Gasteiger partial charge in [-0.05, 0) is 17.5 Å². The molecule has 0 unspecified atom stereocenters. The summed E-state index contributed by atoms with van der Waals surface area (Å²) in [6.45, 7) is 4.65. The zero-order chi connectivity index (χ0) is 10.6. The van der Waals surface area contributed by atoms with Crippen LogP contribution in [0.5, 0.6) is 6.01 Å². The summed E-state index contributed by atoms with van der Waals surface area (Å²) in [5, 5.41) is 2.90.